The summed E-state index contributed by atoms with van der Waals surface area (Å²) in [4.78, 5) is 30.5. The van der Waals surface area contributed by atoms with E-state index < -0.39 is 0 Å². The first-order valence-electron chi connectivity index (χ1n) is 7.99. The van der Waals surface area contributed by atoms with Crippen LogP contribution in [-0.2, 0) is 24.3 Å². The summed E-state index contributed by atoms with van der Waals surface area (Å²) in [5, 5.41) is 4.12. The molecule has 7 nitrogen and oxygen atoms in total. The fraction of sp³-hybridized carbons (Fsp3) is 0.500. The number of hydrogen-bond acceptors (Lipinski definition) is 4. The predicted molar refractivity (Wildman–Crippen MR) is 82.9 cm³/mol. The van der Waals surface area contributed by atoms with Crippen LogP contribution in [0, 0.1) is 6.92 Å². The number of carbonyl (C=O) groups is 1. The fourth-order valence-electron chi connectivity index (χ4n) is 3.10. The Morgan fingerprint density at radius 1 is 1.35 bits per heavy atom. The van der Waals surface area contributed by atoms with Gasteiger partial charge in [-0.2, -0.15) is 5.10 Å². The van der Waals surface area contributed by atoms with E-state index in [0.29, 0.717) is 19.1 Å². The average Bonchev–Trinajstić information content (AvgIpc) is 3.30. The Labute approximate surface area is 133 Å². The Hall–Kier alpha value is -2.44. The summed E-state index contributed by atoms with van der Waals surface area (Å²) in [6.07, 6.45) is 5.19. The third-order valence-electron chi connectivity index (χ3n) is 4.52. The summed E-state index contributed by atoms with van der Waals surface area (Å²) in [6, 6.07) is 3.71. The summed E-state index contributed by atoms with van der Waals surface area (Å²) >= 11 is 0. The summed E-state index contributed by atoms with van der Waals surface area (Å²) in [5.41, 5.74) is 2.73. The van der Waals surface area contributed by atoms with Crippen LogP contribution >= 0.6 is 0 Å². The van der Waals surface area contributed by atoms with E-state index in [9.17, 15) is 9.59 Å². The van der Waals surface area contributed by atoms with E-state index in [1.165, 1.54) is 29.3 Å². The molecule has 1 saturated carbocycles. The quantitative estimate of drug-likeness (QED) is 0.835. The molecular weight excluding hydrogens is 294 g/mol. The van der Waals surface area contributed by atoms with Crippen molar-refractivity contribution in [2.75, 3.05) is 6.54 Å². The molecule has 23 heavy (non-hydrogen) atoms. The van der Waals surface area contributed by atoms with Gasteiger partial charge < -0.3 is 9.47 Å². The summed E-state index contributed by atoms with van der Waals surface area (Å²) in [5.74, 6) is -0.0863. The maximum Gasteiger partial charge on any atom is 0.267 e. The Kier molecular flexibility index (Phi) is 3.28. The minimum absolute atomic E-state index is 0.0147. The largest absolute Gasteiger partial charge is 0.335 e. The maximum atomic E-state index is 12.5. The van der Waals surface area contributed by atoms with Crippen LogP contribution in [0.2, 0.25) is 0 Å². The topological polar surface area (TPSA) is 73.0 Å². The lowest BCUT2D eigenvalue weighted by atomic mass is 10.1. The van der Waals surface area contributed by atoms with Crippen LogP contribution in [0.25, 0.3) is 0 Å². The van der Waals surface area contributed by atoms with Gasteiger partial charge in [-0.1, -0.05) is 0 Å². The van der Waals surface area contributed by atoms with Crippen molar-refractivity contribution in [3.63, 3.8) is 0 Å². The Morgan fingerprint density at radius 2 is 2.17 bits per heavy atom. The molecule has 1 fully saturated rings. The van der Waals surface area contributed by atoms with E-state index in [1.54, 1.807) is 17.9 Å². The van der Waals surface area contributed by atoms with Crippen LogP contribution in [0.4, 0.5) is 0 Å². The number of rotatable bonds is 3. The molecule has 0 N–H and O–H groups in total. The molecule has 0 atom stereocenters. The van der Waals surface area contributed by atoms with Crippen LogP contribution in [0.15, 0.2) is 23.3 Å². The van der Waals surface area contributed by atoms with Gasteiger partial charge in [0.1, 0.15) is 6.54 Å². The molecule has 7 heteroatoms. The highest BCUT2D eigenvalue weighted by molar-refractivity contribution is 5.76. The van der Waals surface area contributed by atoms with Gasteiger partial charge in [-0.3, -0.25) is 9.59 Å². The minimum Gasteiger partial charge on any atom is -0.335 e. The van der Waals surface area contributed by atoms with Crippen LogP contribution < -0.4 is 5.56 Å². The van der Waals surface area contributed by atoms with Crippen molar-refractivity contribution in [1.82, 2.24) is 24.2 Å². The smallest absolute Gasteiger partial charge is 0.267 e. The number of hydrogen-bond donors (Lipinski definition) is 0. The Morgan fingerprint density at radius 3 is 2.96 bits per heavy atom. The molecule has 0 unspecified atom stereocenters. The van der Waals surface area contributed by atoms with Crippen LogP contribution in [0.3, 0.4) is 0 Å². The summed E-state index contributed by atoms with van der Waals surface area (Å²) < 4.78 is 3.50. The van der Waals surface area contributed by atoms with Gasteiger partial charge in [0.15, 0.2) is 0 Å². The highest BCUT2D eigenvalue weighted by Gasteiger charge is 2.30. The van der Waals surface area contributed by atoms with Gasteiger partial charge in [-0.15, -0.1) is 0 Å². The molecule has 2 aromatic rings. The minimum atomic E-state index is -0.250. The second kappa shape index (κ2) is 5.33. The normalized spacial score (nSPS) is 17.2. The molecule has 1 aliphatic carbocycles. The highest BCUT2D eigenvalue weighted by Crippen LogP contribution is 2.37. The molecule has 120 valence electrons. The second-order valence-corrected chi connectivity index (χ2v) is 6.31. The lowest BCUT2D eigenvalue weighted by molar-refractivity contribution is -0.133. The molecule has 3 heterocycles. The number of aromatic nitrogens is 4. The van der Waals surface area contributed by atoms with Crippen molar-refractivity contribution in [3.05, 3.63) is 45.9 Å². The first-order chi connectivity index (χ1) is 11.1. The van der Waals surface area contributed by atoms with Gasteiger partial charge in [0, 0.05) is 30.8 Å². The zero-order valence-electron chi connectivity index (χ0n) is 13.1. The van der Waals surface area contributed by atoms with Crippen molar-refractivity contribution in [2.24, 2.45) is 0 Å². The molecule has 0 radical (unpaired) electrons. The molecule has 1 aliphatic heterocycles. The van der Waals surface area contributed by atoms with Crippen molar-refractivity contribution < 1.29 is 4.79 Å². The number of fused-ring (bicyclic) bond motifs is 1. The monoisotopic (exact) mass is 313 g/mol. The molecule has 2 aliphatic rings. The molecule has 4 rings (SSSR count). The van der Waals surface area contributed by atoms with E-state index in [0.717, 1.165) is 17.8 Å². The first-order valence-corrected chi connectivity index (χ1v) is 7.99. The molecule has 0 spiro atoms. The lowest BCUT2D eigenvalue weighted by Crippen LogP contribution is -2.40. The second-order valence-electron chi connectivity index (χ2n) is 6.31. The van der Waals surface area contributed by atoms with Gasteiger partial charge in [0.05, 0.1) is 24.3 Å². The number of carbonyl (C=O) groups excluding carboxylic acids is 1. The van der Waals surface area contributed by atoms with Gasteiger partial charge in [-0.05, 0) is 25.8 Å². The molecule has 1 amide bonds. The van der Waals surface area contributed by atoms with Crippen molar-refractivity contribution in [3.8, 4) is 0 Å². The maximum absolute atomic E-state index is 12.5. The zero-order chi connectivity index (χ0) is 16.0. The Bertz CT molecular complexity index is 818. The van der Waals surface area contributed by atoms with Gasteiger partial charge in [-0.25, -0.2) is 9.67 Å². The number of nitrogens with zero attached hydrogens (tertiary/aromatic N) is 5. The van der Waals surface area contributed by atoms with E-state index in [-0.39, 0.29) is 18.0 Å². The predicted octanol–water partition coefficient (Wildman–Crippen LogP) is 0.668. The average molecular weight is 313 g/mol. The van der Waals surface area contributed by atoms with E-state index in [1.807, 2.05) is 6.33 Å². The third-order valence-corrected chi connectivity index (χ3v) is 4.52. The van der Waals surface area contributed by atoms with Crippen LogP contribution in [-0.4, -0.2) is 36.7 Å². The number of imidazole rings is 1. The molecule has 0 aromatic carbocycles. The van der Waals surface area contributed by atoms with Gasteiger partial charge >= 0.3 is 0 Å². The van der Waals surface area contributed by atoms with Crippen LogP contribution in [0.5, 0.6) is 0 Å². The van der Waals surface area contributed by atoms with Gasteiger partial charge in [0.25, 0.3) is 5.56 Å². The summed E-state index contributed by atoms with van der Waals surface area (Å²) in [7, 11) is 0. The molecule has 2 aromatic heterocycles. The SMILES string of the molecule is Cc1ccc(=O)n(CC(=O)N2CCc3c(ncn3C3CC3)C2)n1. The number of amides is 1. The fourth-order valence-corrected chi connectivity index (χ4v) is 3.10. The Balaban J connectivity index is 1.49. The van der Waals surface area contributed by atoms with Crippen molar-refractivity contribution in [2.45, 2.75) is 45.3 Å². The summed E-state index contributed by atoms with van der Waals surface area (Å²) in [6.45, 7) is 2.98. The van der Waals surface area contributed by atoms with Crippen LogP contribution in [0.1, 0.15) is 36.0 Å². The zero-order valence-corrected chi connectivity index (χ0v) is 13.1. The van der Waals surface area contributed by atoms with Crippen molar-refractivity contribution >= 4 is 5.91 Å². The van der Waals surface area contributed by atoms with Gasteiger partial charge in [0.2, 0.25) is 5.91 Å². The van der Waals surface area contributed by atoms with E-state index >= 15 is 0 Å². The standard InChI is InChI=1S/C16H19N5O2/c1-11-2-5-15(22)21(18-11)9-16(23)19-7-6-14-13(8-19)17-10-20(14)12-3-4-12/h2,5,10,12H,3-4,6-9H2,1H3. The first kappa shape index (κ1) is 14.2. The third kappa shape index (κ3) is 2.67. The molecule has 0 saturated heterocycles. The number of aryl methyl sites for hydroxylation is 1. The highest BCUT2D eigenvalue weighted by atomic mass is 16.2. The molecular formula is C16H19N5O2. The van der Waals surface area contributed by atoms with Crippen molar-refractivity contribution in [1.29, 1.82) is 0 Å². The lowest BCUT2D eigenvalue weighted by Gasteiger charge is -2.27. The van der Waals surface area contributed by atoms with E-state index in [2.05, 4.69) is 14.6 Å². The molecule has 0 bridgehead atoms. The van der Waals surface area contributed by atoms with E-state index in [4.69, 9.17) is 0 Å².